The van der Waals surface area contributed by atoms with Crippen molar-refractivity contribution in [2.75, 3.05) is 68.9 Å². The van der Waals surface area contributed by atoms with E-state index in [1.165, 1.54) is 11.4 Å². The van der Waals surface area contributed by atoms with Gasteiger partial charge in [-0.2, -0.15) is 0 Å². The zero-order chi connectivity index (χ0) is 20.4. The zero-order valence-electron chi connectivity index (χ0n) is 17.6. The van der Waals surface area contributed by atoms with Gasteiger partial charge in [0.1, 0.15) is 0 Å². The van der Waals surface area contributed by atoms with E-state index in [0.29, 0.717) is 19.0 Å². The highest BCUT2D eigenvalue weighted by atomic mass is 16.5. The molecule has 0 aliphatic carbocycles. The predicted molar refractivity (Wildman–Crippen MR) is 115 cm³/mol. The van der Waals surface area contributed by atoms with Crippen LogP contribution in [0.3, 0.4) is 0 Å². The summed E-state index contributed by atoms with van der Waals surface area (Å²) in [4.78, 5) is 19.4. The second kappa shape index (κ2) is 8.40. The zero-order valence-corrected chi connectivity index (χ0v) is 17.6. The smallest absolute Gasteiger partial charge is 0.317 e. The number of nitrogens with zero attached hydrogens (tertiary/aromatic N) is 3. The minimum absolute atomic E-state index is 0.0282. The van der Waals surface area contributed by atoms with Gasteiger partial charge in [-0.1, -0.05) is 13.8 Å². The molecule has 5 rings (SSSR count). The van der Waals surface area contributed by atoms with Gasteiger partial charge in [-0.3, -0.25) is 0 Å². The molecule has 4 saturated heterocycles. The fraction of sp³-hybridized carbons (Fsp3) is 0.682. The number of carbonyl (C=O) groups is 1. The summed E-state index contributed by atoms with van der Waals surface area (Å²) in [5.74, 6) is 0.447. The maximum Gasteiger partial charge on any atom is 0.317 e. The summed E-state index contributed by atoms with van der Waals surface area (Å²) < 4.78 is 5.46. The number of hydrogen-bond donors (Lipinski definition) is 2. The molecule has 4 aliphatic heterocycles. The van der Waals surface area contributed by atoms with Crippen LogP contribution in [0, 0.1) is 11.3 Å². The Morgan fingerprint density at radius 2 is 1.83 bits per heavy atom. The average molecular weight is 403 g/mol. The predicted octanol–water partition coefficient (Wildman–Crippen LogP) is 1.76. The van der Waals surface area contributed by atoms with Crippen molar-refractivity contribution < 1.29 is 14.6 Å². The molecule has 2 amide bonds. The minimum Gasteiger partial charge on any atom is -0.395 e. The van der Waals surface area contributed by atoms with Gasteiger partial charge >= 0.3 is 6.03 Å². The van der Waals surface area contributed by atoms with Crippen molar-refractivity contribution in [1.29, 1.82) is 0 Å². The molecule has 4 aliphatic rings. The molecule has 2 N–H and O–H groups in total. The van der Waals surface area contributed by atoms with Crippen molar-refractivity contribution in [3.05, 3.63) is 24.3 Å². The quantitative estimate of drug-likeness (QED) is 0.803. The number of aliphatic hydroxyl groups is 1. The maximum atomic E-state index is 12.6. The number of benzene rings is 1. The Hall–Kier alpha value is -1.99. The molecule has 0 unspecified atom stereocenters. The molecule has 4 heterocycles. The fourth-order valence-electron chi connectivity index (χ4n) is 5.24. The third-order valence-corrected chi connectivity index (χ3v) is 6.65. The highest BCUT2D eigenvalue weighted by molar-refractivity contribution is 5.74. The highest BCUT2D eigenvalue weighted by Crippen LogP contribution is 2.43. The van der Waals surface area contributed by atoms with Gasteiger partial charge in [0.15, 0.2) is 0 Å². The molecule has 4 fully saturated rings. The maximum absolute atomic E-state index is 12.6. The lowest BCUT2D eigenvalue weighted by molar-refractivity contribution is 0.122. The number of aliphatic hydroxyl groups excluding tert-OH is 1. The van der Waals surface area contributed by atoms with Gasteiger partial charge in [0, 0.05) is 50.6 Å². The van der Waals surface area contributed by atoms with E-state index in [0.717, 1.165) is 45.8 Å². The van der Waals surface area contributed by atoms with E-state index in [2.05, 4.69) is 53.2 Å². The minimum atomic E-state index is -0.0590. The molecule has 0 radical (unpaired) electrons. The van der Waals surface area contributed by atoms with Crippen LogP contribution in [0.1, 0.15) is 20.3 Å². The summed E-state index contributed by atoms with van der Waals surface area (Å²) in [7, 11) is 0. The normalized spacial score (nSPS) is 26.4. The molecular formula is C22H34N4O3. The molecule has 160 valence electrons. The monoisotopic (exact) mass is 402 g/mol. The molecule has 0 spiro atoms. The third kappa shape index (κ3) is 4.31. The lowest BCUT2D eigenvalue weighted by atomic mass is 9.73. The number of urea groups is 1. The number of amides is 2. The Morgan fingerprint density at radius 3 is 2.52 bits per heavy atom. The number of ether oxygens (including phenoxy) is 1. The number of fused-ring (bicyclic) bond motifs is 4. The van der Waals surface area contributed by atoms with Crippen molar-refractivity contribution in [3.63, 3.8) is 0 Å². The lowest BCUT2D eigenvalue weighted by Crippen LogP contribution is -2.54. The number of rotatable bonds is 4. The largest absolute Gasteiger partial charge is 0.395 e. The molecule has 2 atom stereocenters. The number of carbonyl (C=O) groups excluding carboxylic acids is 1. The van der Waals surface area contributed by atoms with E-state index in [-0.39, 0.29) is 24.1 Å². The van der Waals surface area contributed by atoms with E-state index in [1.54, 1.807) is 0 Å². The number of nitrogens with one attached hydrogen (secondary N) is 1. The summed E-state index contributed by atoms with van der Waals surface area (Å²) in [6.07, 6.45) is 1.13. The van der Waals surface area contributed by atoms with Crippen molar-refractivity contribution in [3.8, 4) is 0 Å². The number of morpholine rings is 1. The summed E-state index contributed by atoms with van der Waals surface area (Å²) in [5.41, 5.74) is 2.63. The van der Waals surface area contributed by atoms with Crippen LogP contribution in [0.15, 0.2) is 24.3 Å². The molecule has 0 aromatic heterocycles. The van der Waals surface area contributed by atoms with Crippen molar-refractivity contribution in [2.24, 2.45) is 11.3 Å². The molecule has 1 aromatic carbocycles. The van der Waals surface area contributed by atoms with Crippen LogP contribution in [0.4, 0.5) is 16.2 Å². The highest BCUT2D eigenvalue weighted by Gasteiger charge is 2.46. The molecule has 7 heteroatoms. The van der Waals surface area contributed by atoms with Crippen molar-refractivity contribution in [2.45, 2.75) is 26.3 Å². The van der Waals surface area contributed by atoms with E-state index < -0.39 is 0 Å². The van der Waals surface area contributed by atoms with Gasteiger partial charge in [0.25, 0.3) is 0 Å². The molecular weight excluding hydrogens is 368 g/mol. The summed E-state index contributed by atoms with van der Waals surface area (Å²) in [5, 5.41) is 11.9. The van der Waals surface area contributed by atoms with E-state index in [1.807, 2.05) is 4.90 Å². The van der Waals surface area contributed by atoms with Crippen molar-refractivity contribution in [1.82, 2.24) is 10.2 Å². The van der Waals surface area contributed by atoms with E-state index in [4.69, 9.17) is 9.84 Å². The van der Waals surface area contributed by atoms with Gasteiger partial charge in [0.2, 0.25) is 0 Å². The Balaban J connectivity index is 1.52. The molecule has 2 bridgehead atoms. The fourth-order valence-corrected chi connectivity index (χ4v) is 5.24. The van der Waals surface area contributed by atoms with Gasteiger partial charge in [-0.25, -0.2) is 4.79 Å². The second-order valence-electron chi connectivity index (χ2n) is 9.20. The molecule has 0 saturated carbocycles. The Kier molecular flexibility index (Phi) is 5.88. The molecule has 29 heavy (non-hydrogen) atoms. The lowest BCUT2D eigenvalue weighted by Gasteiger charge is -2.48. The second-order valence-corrected chi connectivity index (χ2v) is 9.20. The summed E-state index contributed by atoms with van der Waals surface area (Å²) in [6.45, 7) is 10.9. The van der Waals surface area contributed by atoms with Crippen LogP contribution in [-0.2, 0) is 4.74 Å². The van der Waals surface area contributed by atoms with E-state index >= 15 is 0 Å². The third-order valence-electron chi connectivity index (χ3n) is 6.65. The first-order valence-corrected chi connectivity index (χ1v) is 10.8. The Morgan fingerprint density at radius 1 is 1.14 bits per heavy atom. The Labute approximate surface area is 173 Å². The topological polar surface area (TPSA) is 68.3 Å². The summed E-state index contributed by atoms with van der Waals surface area (Å²) in [6, 6.07) is 9.12. The first-order chi connectivity index (χ1) is 14.0. The van der Waals surface area contributed by atoms with Crippen LogP contribution in [0.2, 0.25) is 0 Å². The Bertz CT molecular complexity index is 703. The standard InChI is InChI=1S/C22H34N4O3/c1-22(2)13-17-14-25(21(28)23-7-10-27)16-20(22)26(15-17)19-5-3-18(4-6-19)24-8-11-29-12-9-24/h3-6,17,20,27H,7-16H2,1-2H3,(H,23,28)/t17-,20-/m1/s1. The number of piperidine rings is 1. The molecule has 7 nitrogen and oxygen atoms in total. The summed E-state index contributed by atoms with van der Waals surface area (Å²) >= 11 is 0. The van der Waals surface area contributed by atoms with Crippen molar-refractivity contribution >= 4 is 17.4 Å². The first-order valence-electron chi connectivity index (χ1n) is 10.8. The number of anilines is 2. The van der Waals surface area contributed by atoms with Crippen LogP contribution in [0.5, 0.6) is 0 Å². The average Bonchev–Trinajstić information content (AvgIpc) is 3.00. The van der Waals surface area contributed by atoms with Gasteiger partial charge in [0.05, 0.1) is 25.9 Å². The van der Waals surface area contributed by atoms with Gasteiger partial charge in [-0.15, -0.1) is 0 Å². The van der Waals surface area contributed by atoms with Crippen LogP contribution < -0.4 is 15.1 Å². The van der Waals surface area contributed by atoms with Crippen LogP contribution >= 0.6 is 0 Å². The molecule has 1 aromatic rings. The number of hydrogen-bond acceptors (Lipinski definition) is 5. The SMILES string of the molecule is CC1(C)C[C@@H]2CN(C(=O)NCCO)C[C@H]1N(c1ccc(N3CCOCC3)cc1)C2. The van der Waals surface area contributed by atoms with Crippen LogP contribution in [-0.4, -0.2) is 81.2 Å². The van der Waals surface area contributed by atoms with Gasteiger partial charge < -0.3 is 29.9 Å². The van der Waals surface area contributed by atoms with E-state index in [9.17, 15) is 4.79 Å². The first kappa shape index (κ1) is 20.3. The van der Waals surface area contributed by atoms with Gasteiger partial charge in [-0.05, 0) is 42.0 Å². The van der Waals surface area contributed by atoms with Crippen LogP contribution in [0.25, 0.3) is 0 Å².